The molecule has 0 spiro atoms. The van der Waals surface area contributed by atoms with Gasteiger partial charge in [-0.3, -0.25) is 14.4 Å². The van der Waals surface area contributed by atoms with Crippen LogP contribution in [-0.2, 0) is 14.8 Å². The molecular weight excluding hydrogens is 336 g/mol. The summed E-state index contributed by atoms with van der Waals surface area (Å²) in [5.41, 5.74) is 0.265. The Morgan fingerprint density at radius 3 is 2.33 bits per heavy atom. The number of carbonyl (C=O) groups is 1. The highest BCUT2D eigenvalue weighted by Gasteiger charge is 2.23. The summed E-state index contributed by atoms with van der Waals surface area (Å²) in [5.74, 6) is -0.585. The molecule has 0 aromatic heterocycles. The van der Waals surface area contributed by atoms with E-state index in [1.165, 1.54) is 38.4 Å². The van der Waals surface area contributed by atoms with E-state index in [0.29, 0.717) is 0 Å². The van der Waals surface area contributed by atoms with Crippen LogP contribution in [0.5, 0.6) is 0 Å². The van der Waals surface area contributed by atoms with Gasteiger partial charge in [-0.1, -0.05) is 6.07 Å². The Morgan fingerprint density at radius 2 is 1.79 bits per heavy atom. The Labute approximate surface area is 138 Å². The number of esters is 1. The molecule has 0 amide bonds. The van der Waals surface area contributed by atoms with Gasteiger partial charge in [-0.15, -0.1) is 0 Å². The lowest BCUT2D eigenvalue weighted by Crippen LogP contribution is -2.26. The zero-order valence-electron chi connectivity index (χ0n) is 12.9. The van der Waals surface area contributed by atoms with Gasteiger partial charge in [0.1, 0.15) is 0 Å². The zero-order chi connectivity index (χ0) is 17.9. The smallest absolute Gasteiger partial charge is 0.337 e. The Kier molecular flexibility index (Phi) is 4.84. The van der Waals surface area contributed by atoms with Crippen LogP contribution in [0.15, 0.2) is 53.4 Å². The van der Waals surface area contributed by atoms with E-state index in [0.717, 1.165) is 28.6 Å². The van der Waals surface area contributed by atoms with Gasteiger partial charge in [-0.05, 0) is 30.3 Å². The normalized spacial score (nSPS) is 10.9. The van der Waals surface area contributed by atoms with Crippen LogP contribution in [0.25, 0.3) is 0 Å². The lowest BCUT2D eigenvalue weighted by atomic mass is 10.2. The van der Waals surface area contributed by atoms with Crippen LogP contribution in [-0.4, -0.2) is 33.5 Å². The summed E-state index contributed by atoms with van der Waals surface area (Å²) in [5, 5.41) is 10.6. The minimum Gasteiger partial charge on any atom is -0.465 e. The van der Waals surface area contributed by atoms with Gasteiger partial charge in [0.15, 0.2) is 0 Å². The third kappa shape index (κ3) is 3.35. The molecule has 2 aromatic rings. The Balaban J connectivity index is 2.38. The van der Waals surface area contributed by atoms with Gasteiger partial charge in [0.05, 0.1) is 28.2 Å². The van der Waals surface area contributed by atoms with E-state index >= 15 is 0 Å². The van der Waals surface area contributed by atoms with Crippen molar-refractivity contribution >= 4 is 27.4 Å². The minimum atomic E-state index is -3.93. The number of nitro groups is 1. The fourth-order valence-electron chi connectivity index (χ4n) is 1.98. The lowest BCUT2D eigenvalue weighted by molar-refractivity contribution is -0.384. The predicted octanol–water partition coefficient (Wildman–Crippen LogP) is 2.21. The summed E-state index contributed by atoms with van der Waals surface area (Å²) in [7, 11) is -1.37. The maximum atomic E-state index is 12.6. The summed E-state index contributed by atoms with van der Waals surface area (Å²) in [6.07, 6.45) is 0. The molecule has 0 saturated heterocycles. The van der Waals surface area contributed by atoms with Crippen molar-refractivity contribution in [3.05, 3.63) is 64.2 Å². The SMILES string of the molecule is COC(=O)c1cccc(N(C)S(=O)(=O)c2ccc([N+](=O)[O-])cc2)c1. The lowest BCUT2D eigenvalue weighted by Gasteiger charge is -2.20. The van der Waals surface area contributed by atoms with Gasteiger partial charge in [-0.2, -0.15) is 0 Å². The van der Waals surface area contributed by atoms with Crippen molar-refractivity contribution in [3.63, 3.8) is 0 Å². The van der Waals surface area contributed by atoms with E-state index in [9.17, 15) is 23.3 Å². The van der Waals surface area contributed by atoms with Crippen LogP contribution in [0, 0.1) is 10.1 Å². The summed E-state index contributed by atoms with van der Waals surface area (Å²) >= 11 is 0. The van der Waals surface area contributed by atoms with E-state index in [2.05, 4.69) is 4.74 Å². The second-order valence-electron chi connectivity index (χ2n) is 4.77. The van der Waals surface area contributed by atoms with Gasteiger partial charge in [0, 0.05) is 19.2 Å². The number of nitro benzene ring substituents is 1. The van der Waals surface area contributed by atoms with Crippen LogP contribution in [0.1, 0.15) is 10.4 Å². The quantitative estimate of drug-likeness (QED) is 0.465. The van der Waals surface area contributed by atoms with Crippen LogP contribution < -0.4 is 4.31 Å². The molecule has 0 N–H and O–H groups in total. The van der Waals surface area contributed by atoms with Crippen molar-refractivity contribution in [1.29, 1.82) is 0 Å². The molecule has 0 fully saturated rings. The van der Waals surface area contributed by atoms with E-state index in [4.69, 9.17) is 0 Å². The molecule has 0 unspecified atom stereocenters. The molecule has 0 heterocycles. The highest BCUT2D eigenvalue weighted by molar-refractivity contribution is 7.92. The van der Waals surface area contributed by atoms with Crippen molar-refractivity contribution in [3.8, 4) is 0 Å². The van der Waals surface area contributed by atoms with Gasteiger partial charge in [0.2, 0.25) is 0 Å². The number of nitrogens with zero attached hydrogens (tertiary/aromatic N) is 2. The zero-order valence-corrected chi connectivity index (χ0v) is 13.7. The molecule has 0 aliphatic rings. The summed E-state index contributed by atoms with van der Waals surface area (Å²) in [4.78, 5) is 21.5. The first kappa shape index (κ1) is 17.4. The molecule has 0 radical (unpaired) electrons. The Hall–Kier alpha value is -2.94. The maximum Gasteiger partial charge on any atom is 0.337 e. The average Bonchev–Trinajstić information content (AvgIpc) is 2.60. The molecule has 126 valence electrons. The molecule has 2 aromatic carbocycles. The van der Waals surface area contributed by atoms with Gasteiger partial charge >= 0.3 is 5.97 Å². The van der Waals surface area contributed by atoms with E-state index < -0.39 is 20.9 Å². The van der Waals surface area contributed by atoms with Crippen LogP contribution in [0.3, 0.4) is 0 Å². The van der Waals surface area contributed by atoms with Crippen molar-refractivity contribution in [2.24, 2.45) is 0 Å². The monoisotopic (exact) mass is 350 g/mol. The second-order valence-corrected chi connectivity index (χ2v) is 6.73. The first-order valence-corrected chi connectivity index (χ1v) is 8.13. The number of hydrogen-bond donors (Lipinski definition) is 0. The highest BCUT2D eigenvalue weighted by Crippen LogP contribution is 2.24. The molecule has 24 heavy (non-hydrogen) atoms. The number of rotatable bonds is 5. The molecule has 2 rings (SSSR count). The summed E-state index contributed by atoms with van der Waals surface area (Å²) in [6, 6.07) is 10.5. The van der Waals surface area contributed by atoms with Gasteiger partial charge in [-0.25, -0.2) is 13.2 Å². The molecule has 8 nitrogen and oxygen atoms in total. The summed E-state index contributed by atoms with van der Waals surface area (Å²) in [6.45, 7) is 0. The van der Waals surface area contributed by atoms with Crippen LogP contribution >= 0.6 is 0 Å². The maximum absolute atomic E-state index is 12.6. The minimum absolute atomic E-state index is 0.0981. The van der Waals surface area contributed by atoms with E-state index in [-0.39, 0.29) is 21.8 Å². The van der Waals surface area contributed by atoms with Crippen LogP contribution in [0.2, 0.25) is 0 Å². The molecule has 0 bridgehead atoms. The summed E-state index contributed by atoms with van der Waals surface area (Å²) < 4.78 is 30.8. The van der Waals surface area contributed by atoms with Gasteiger partial charge < -0.3 is 4.74 Å². The van der Waals surface area contributed by atoms with Crippen molar-refractivity contribution < 1.29 is 22.9 Å². The van der Waals surface area contributed by atoms with E-state index in [1.54, 1.807) is 0 Å². The molecule has 0 saturated carbocycles. The highest BCUT2D eigenvalue weighted by atomic mass is 32.2. The third-order valence-corrected chi connectivity index (χ3v) is 5.14. The fourth-order valence-corrected chi connectivity index (χ4v) is 3.17. The Morgan fingerprint density at radius 1 is 1.17 bits per heavy atom. The number of hydrogen-bond acceptors (Lipinski definition) is 6. The first-order chi connectivity index (χ1) is 11.3. The second kappa shape index (κ2) is 6.67. The topological polar surface area (TPSA) is 107 Å². The predicted molar refractivity (Wildman–Crippen MR) is 86.5 cm³/mol. The number of non-ortho nitro benzene ring substituents is 1. The van der Waals surface area contributed by atoms with E-state index in [1.807, 2.05) is 0 Å². The number of sulfonamides is 1. The van der Waals surface area contributed by atoms with Crippen LogP contribution in [0.4, 0.5) is 11.4 Å². The number of ether oxygens (including phenoxy) is 1. The average molecular weight is 350 g/mol. The van der Waals surface area contributed by atoms with Crippen molar-refractivity contribution in [2.75, 3.05) is 18.5 Å². The molecule has 0 aliphatic heterocycles. The fraction of sp³-hybridized carbons (Fsp3) is 0.133. The van der Waals surface area contributed by atoms with Crippen molar-refractivity contribution in [2.45, 2.75) is 4.90 Å². The molecule has 0 aliphatic carbocycles. The number of benzene rings is 2. The molecule has 9 heteroatoms. The Bertz CT molecular complexity index is 877. The van der Waals surface area contributed by atoms with Crippen molar-refractivity contribution in [1.82, 2.24) is 0 Å². The third-order valence-electron chi connectivity index (χ3n) is 3.34. The largest absolute Gasteiger partial charge is 0.465 e. The number of methoxy groups -OCH3 is 1. The standard InChI is InChI=1S/C15H14N2O6S/c1-16(13-5-3-4-11(10-13)15(18)23-2)24(21,22)14-8-6-12(7-9-14)17(19)20/h3-10H,1-2H3. The molecular formula is C15H14N2O6S. The number of anilines is 1. The van der Waals surface area contributed by atoms with Gasteiger partial charge in [0.25, 0.3) is 15.7 Å². The first-order valence-electron chi connectivity index (χ1n) is 6.69. The number of carbonyl (C=O) groups excluding carboxylic acids is 1. The molecule has 0 atom stereocenters.